The van der Waals surface area contributed by atoms with Crippen LogP contribution in [0.25, 0.3) is 0 Å². The Kier molecular flexibility index (Phi) is 5.96. The van der Waals surface area contributed by atoms with E-state index in [0.717, 1.165) is 37.1 Å². The van der Waals surface area contributed by atoms with E-state index in [2.05, 4.69) is 15.4 Å². The molecule has 30 heavy (non-hydrogen) atoms. The van der Waals surface area contributed by atoms with Crippen molar-refractivity contribution in [3.63, 3.8) is 0 Å². The van der Waals surface area contributed by atoms with Gasteiger partial charge >= 0.3 is 5.69 Å². The van der Waals surface area contributed by atoms with E-state index in [-0.39, 0.29) is 30.0 Å². The normalized spacial score (nSPS) is 17.3. The van der Waals surface area contributed by atoms with Crippen LogP contribution < -0.4 is 11.0 Å². The van der Waals surface area contributed by atoms with Crippen molar-refractivity contribution < 1.29 is 9.59 Å². The molecule has 2 aromatic heterocycles. The number of likely N-dealkylation sites (tertiary alicyclic amines) is 1. The first kappa shape index (κ1) is 20.3. The third-order valence-corrected chi connectivity index (χ3v) is 5.95. The minimum Gasteiger partial charge on any atom is -0.341 e. The zero-order valence-electron chi connectivity index (χ0n) is 17.3. The van der Waals surface area contributed by atoms with Gasteiger partial charge in [-0.1, -0.05) is 12.5 Å². The Balaban J connectivity index is 1.31. The molecule has 4 heterocycles. The van der Waals surface area contributed by atoms with E-state index in [1.807, 2.05) is 13.0 Å². The van der Waals surface area contributed by atoms with E-state index in [4.69, 9.17) is 0 Å². The van der Waals surface area contributed by atoms with Crippen molar-refractivity contribution in [3.05, 3.63) is 40.2 Å². The van der Waals surface area contributed by atoms with Gasteiger partial charge in [0.25, 0.3) is 0 Å². The SMILES string of the molecule is Cc1ccc(NC(=O)C2CCN(C(=O)Cn3nc4n(c3=O)CCCCC4)CC2)nc1. The highest BCUT2D eigenvalue weighted by Gasteiger charge is 2.28. The third-order valence-electron chi connectivity index (χ3n) is 5.95. The number of carbonyl (C=O) groups excluding carboxylic acids is 2. The predicted octanol–water partition coefficient (Wildman–Crippen LogP) is 1.35. The highest BCUT2D eigenvalue weighted by atomic mass is 16.2. The molecule has 0 aromatic carbocycles. The molecule has 0 radical (unpaired) electrons. The summed E-state index contributed by atoms with van der Waals surface area (Å²) in [6, 6.07) is 3.69. The Morgan fingerprint density at radius 3 is 2.67 bits per heavy atom. The van der Waals surface area contributed by atoms with Crippen LogP contribution in [-0.4, -0.2) is 49.1 Å². The second-order valence-electron chi connectivity index (χ2n) is 8.18. The first-order valence-electron chi connectivity index (χ1n) is 10.7. The fraction of sp³-hybridized carbons (Fsp3) is 0.571. The number of hydrogen-bond acceptors (Lipinski definition) is 5. The number of nitrogens with zero attached hydrogens (tertiary/aromatic N) is 5. The largest absolute Gasteiger partial charge is 0.346 e. The molecule has 1 fully saturated rings. The van der Waals surface area contributed by atoms with E-state index in [1.165, 1.54) is 4.68 Å². The van der Waals surface area contributed by atoms with E-state index >= 15 is 0 Å². The number of piperidine rings is 1. The van der Waals surface area contributed by atoms with Crippen LogP contribution in [0.5, 0.6) is 0 Å². The lowest BCUT2D eigenvalue weighted by molar-refractivity contribution is -0.135. The lowest BCUT2D eigenvalue weighted by Crippen LogP contribution is -2.44. The van der Waals surface area contributed by atoms with Crippen LogP contribution in [0.3, 0.4) is 0 Å². The summed E-state index contributed by atoms with van der Waals surface area (Å²) in [7, 11) is 0. The minimum absolute atomic E-state index is 0.0387. The monoisotopic (exact) mass is 412 g/mol. The zero-order chi connectivity index (χ0) is 21.1. The first-order chi connectivity index (χ1) is 14.5. The number of nitrogens with one attached hydrogen (secondary N) is 1. The number of fused-ring (bicyclic) bond motifs is 1. The van der Waals surface area contributed by atoms with Crippen molar-refractivity contribution in [1.29, 1.82) is 0 Å². The Labute approximate surface area is 175 Å². The van der Waals surface area contributed by atoms with E-state index in [0.29, 0.717) is 38.3 Å². The third kappa shape index (κ3) is 4.44. The van der Waals surface area contributed by atoms with Gasteiger partial charge in [-0.15, -0.1) is 0 Å². The lowest BCUT2D eigenvalue weighted by Gasteiger charge is -2.31. The maximum absolute atomic E-state index is 12.7. The zero-order valence-corrected chi connectivity index (χ0v) is 17.3. The molecular formula is C21H28N6O3. The Bertz CT molecular complexity index is 970. The van der Waals surface area contributed by atoms with Gasteiger partial charge in [0.05, 0.1) is 0 Å². The van der Waals surface area contributed by atoms with Gasteiger partial charge in [0.15, 0.2) is 0 Å². The van der Waals surface area contributed by atoms with E-state index in [9.17, 15) is 14.4 Å². The summed E-state index contributed by atoms with van der Waals surface area (Å²) in [5, 5.41) is 7.24. The van der Waals surface area contributed by atoms with Gasteiger partial charge < -0.3 is 10.2 Å². The maximum Gasteiger partial charge on any atom is 0.346 e. The predicted molar refractivity (Wildman–Crippen MR) is 111 cm³/mol. The van der Waals surface area contributed by atoms with Gasteiger partial charge in [0, 0.05) is 38.2 Å². The summed E-state index contributed by atoms with van der Waals surface area (Å²) < 4.78 is 3.00. The van der Waals surface area contributed by atoms with Crippen molar-refractivity contribution in [2.75, 3.05) is 18.4 Å². The topological polar surface area (TPSA) is 102 Å². The number of aryl methyl sites for hydroxylation is 2. The van der Waals surface area contributed by atoms with Gasteiger partial charge in [0.2, 0.25) is 11.8 Å². The van der Waals surface area contributed by atoms with Gasteiger partial charge in [-0.05, 0) is 44.2 Å². The van der Waals surface area contributed by atoms with Crippen molar-refractivity contribution in [2.45, 2.75) is 58.5 Å². The summed E-state index contributed by atoms with van der Waals surface area (Å²) >= 11 is 0. The van der Waals surface area contributed by atoms with Gasteiger partial charge in [-0.2, -0.15) is 5.10 Å². The molecule has 0 unspecified atom stereocenters. The molecule has 2 amide bonds. The molecule has 0 atom stereocenters. The number of amides is 2. The smallest absolute Gasteiger partial charge is 0.341 e. The van der Waals surface area contributed by atoms with Crippen LogP contribution >= 0.6 is 0 Å². The fourth-order valence-electron chi connectivity index (χ4n) is 4.12. The number of aromatic nitrogens is 4. The van der Waals surface area contributed by atoms with Crippen molar-refractivity contribution in [1.82, 2.24) is 24.2 Å². The molecule has 2 aliphatic heterocycles. The van der Waals surface area contributed by atoms with Crippen molar-refractivity contribution in [3.8, 4) is 0 Å². The van der Waals surface area contributed by atoms with Crippen molar-refractivity contribution in [2.24, 2.45) is 5.92 Å². The molecule has 0 aliphatic carbocycles. The molecule has 0 saturated carbocycles. The van der Waals surface area contributed by atoms with Crippen LogP contribution in [0.15, 0.2) is 23.1 Å². The minimum atomic E-state index is -0.194. The standard InChI is InChI=1S/C21H28N6O3/c1-15-6-7-17(22-13-15)23-20(29)16-8-11-25(12-9-16)19(28)14-27-21(30)26-10-4-2-3-5-18(26)24-27/h6-7,13,16H,2-5,8-12,14H2,1H3,(H,22,23,29). The Morgan fingerprint density at radius 2 is 1.93 bits per heavy atom. The van der Waals surface area contributed by atoms with Crippen LogP contribution in [0.4, 0.5) is 5.82 Å². The summed E-state index contributed by atoms with van der Waals surface area (Å²) in [6.07, 6.45) is 6.79. The Hall–Kier alpha value is -2.97. The average molecular weight is 412 g/mol. The summed E-state index contributed by atoms with van der Waals surface area (Å²) in [5.41, 5.74) is 0.841. The fourth-order valence-corrected chi connectivity index (χ4v) is 4.12. The lowest BCUT2D eigenvalue weighted by atomic mass is 9.96. The number of hydrogen-bond donors (Lipinski definition) is 1. The number of pyridine rings is 1. The number of anilines is 1. The van der Waals surface area contributed by atoms with Crippen LogP contribution in [0, 0.1) is 12.8 Å². The highest BCUT2D eigenvalue weighted by molar-refractivity contribution is 5.91. The molecule has 2 aromatic rings. The van der Waals surface area contributed by atoms with Crippen molar-refractivity contribution >= 4 is 17.6 Å². The second kappa shape index (κ2) is 8.81. The van der Waals surface area contributed by atoms with Gasteiger partial charge in [-0.3, -0.25) is 14.2 Å². The second-order valence-corrected chi connectivity index (χ2v) is 8.18. The van der Waals surface area contributed by atoms with Crippen LogP contribution in [0.1, 0.15) is 43.5 Å². The highest BCUT2D eigenvalue weighted by Crippen LogP contribution is 2.19. The molecule has 0 bridgehead atoms. The molecule has 0 spiro atoms. The molecule has 4 rings (SSSR count). The summed E-state index contributed by atoms with van der Waals surface area (Å²) in [6.45, 7) is 3.59. The molecule has 160 valence electrons. The van der Waals surface area contributed by atoms with Crippen LogP contribution in [0.2, 0.25) is 0 Å². The molecule has 1 saturated heterocycles. The number of carbonyl (C=O) groups is 2. The average Bonchev–Trinajstić information content (AvgIpc) is 2.91. The van der Waals surface area contributed by atoms with E-state index in [1.54, 1.807) is 21.7 Å². The molecule has 2 aliphatic rings. The van der Waals surface area contributed by atoms with Gasteiger partial charge in [0.1, 0.15) is 18.2 Å². The summed E-state index contributed by atoms with van der Waals surface area (Å²) in [5.74, 6) is 0.994. The maximum atomic E-state index is 12.7. The quantitative estimate of drug-likeness (QED) is 0.817. The van der Waals surface area contributed by atoms with E-state index < -0.39 is 0 Å². The van der Waals surface area contributed by atoms with Crippen LogP contribution in [-0.2, 0) is 29.1 Å². The molecule has 1 N–H and O–H groups in total. The first-order valence-corrected chi connectivity index (χ1v) is 10.7. The Morgan fingerprint density at radius 1 is 1.13 bits per heavy atom. The molecular weight excluding hydrogens is 384 g/mol. The molecule has 9 nitrogen and oxygen atoms in total. The molecule has 9 heteroatoms. The summed E-state index contributed by atoms with van der Waals surface area (Å²) in [4.78, 5) is 43.7. The van der Waals surface area contributed by atoms with Gasteiger partial charge in [-0.25, -0.2) is 14.5 Å². The number of rotatable bonds is 4.